The van der Waals surface area contributed by atoms with Crippen molar-refractivity contribution in [3.8, 4) is 0 Å². The molecule has 0 spiro atoms. The van der Waals surface area contributed by atoms with E-state index in [1.807, 2.05) is 10.8 Å². The number of nitrogens with one attached hydrogen (secondary N) is 1. The van der Waals surface area contributed by atoms with Crippen molar-refractivity contribution in [2.24, 2.45) is 11.3 Å². The summed E-state index contributed by atoms with van der Waals surface area (Å²) in [7, 11) is 0. The predicted molar refractivity (Wildman–Crippen MR) is 76.0 cm³/mol. The first-order valence-electron chi connectivity index (χ1n) is 7.27. The van der Waals surface area contributed by atoms with Gasteiger partial charge in [0.15, 0.2) is 0 Å². The number of anilines is 1. The van der Waals surface area contributed by atoms with Crippen LogP contribution in [0.4, 0.5) is 5.69 Å². The van der Waals surface area contributed by atoms with Gasteiger partial charge in [-0.3, -0.25) is 4.79 Å². The number of carbonyl (C=O) groups excluding carboxylic acids is 1. The third-order valence-electron chi connectivity index (χ3n) is 4.76. The van der Waals surface area contributed by atoms with Gasteiger partial charge in [0.25, 0.3) is 5.91 Å². The Morgan fingerprint density at radius 1 is 1.53 bits per heavy atom. The van der Waals surface area contributed by atoms with Crippen LogP contribution in [-0.2, 0) is 0 Å². The molecule has 0 radical (unpaired) electrons. The molecule has 0 aromatic carbocycles. The van der Waals surface area contributed by atoms with Gasteiger partial charge in [-0.2, -0.15) is 0 Å². The highest BCUT2D eigenvalue weighted by molar-refractivity contribution is 5.94. The summed E-state index contributed by atoms with van der Waals surface area (Å²) >= 11 is 0. The predicted octanol–water partition coefficient (Wildman–Crippen LogP) is 2.57. The fraction of sp³-hybridized carbons (Fsp3) is 0.667. The number of nitrogens with two attached hydrogens (primary N) is 1. The molecule has 1 aromatic heterocycles. The Hall–Kier alpha value is -1.45. The number of nitrogen functional groups attached to an aromatic ring is 1. The molecule has 4 heteroatoms. The summed E-state index contributed by atoms with van der Waals surface area (Å²) in [6.07, 6.45) is 6.67. The van der Waals surface area contributed by atoms with Crippen molar-refractivity contribution in [2.75, 3.05) is 12.3 Å². The van der Waals surface area contributed by atoms with Crippen LogP contribution in [0.15, 0.2) is 12.3 Å². The summed E-state index contributed by atoms with van der Waals surface area (Å²) in [4.78, 5) is 12.3. The highest BCUT2D eigenvalue weighted by Crippen LogP contribution is 2.51. The fourth-order valence-electron chi connectivity index (χ4n) is 2.80. The van der Waals surface area contributed by atoms with Crippen LogP contribution in [0.25, 0.3) is 0 Å². The maximum Gasteiger partial charge on any atom is 0.268 e. The van der Waals surface area contributed by atoms with Gasteiger partial charge in [-0.25, -0.2) is 0 Å². The lowest BCUT2D eigenvalue weighted by molar-refractivity contribution is 0.0930. The quantitative estimate of drug-likeness (QED) is 0.855. The van der Waals surface area contributed by atoms with Crippen molar-refractivity contribution in [3.05, 3.63) is 18.0 Å². The Kier molecular flexibility index (Phi) is 2.84. The van der Waals surface area contributed by atoms with Crippen LogP contribution in [0.1, 0.15) is 56.1 Å². The average molecular weight is 261 g/mol. The molecule has 4 nitrogen and oxygen atoms in total. The van der Waals surface area contributed by atoms with E-state index in [0.717, 1.165) is 25.1 Å². The summed E-state index contributed by atoms with van der Waals surface area (Å²) in [6.45, 7) is 5.27. The molecule has 1 aromatic rings. The number of rotatable bonds is 5. The monoisotopic (exact) mass is 261 g/mol. The Bertz CT molecular complexity index is 495. The molecule has 1 heterocycles. The zero-order valence-electron chi connectivity index (χ0n) is 11.8. The van der Waals surface area contributed by atoms with Crippen LogP contribution in [0, 0.1) is 11.3 Å². The number of nitrogens with zero attached hydrogens (tertiary/aromatic N) is 1. The third-order valence-corrected chi connectivity index (χ3v) is 4.76. The second kappa shape index (κ2) is 4.29. The van der Waals surface area contributed by atoms with Gasteiger partial charge >= 0.3 is 0 Å². The van der Waals surface area contributed by atoms with Crippen molar-refractivity contribution in [1.82, 2.24) is 9.88 Å². The standard InChI is InChI=1S/C15H23N3O/c1-10(2)15(5-6-15)9-17-14(19)13-7-11(16)8-18(13)12-3-4-12/h7-8,10,12H,3-6,9,16H2,1-2H3,(H,17,19). The van der Waals surface area contributed by atoms with Crippen molar-refractivity contribution >= 4 is 11.6 Å². The van der Waals surface area contributed by atoms with Crippen molar-refractivity contribution in [1.29, 1.82) is 0 Å². The third kappa shape index (κ3) is 2.36. The summed E-state index contributed by atoms with van der Waals surface area (Å²) in [5.74, 6) is 0.656. The largest absolute Gasteiger partial charge is 0.397 e. The maximum atomic E-state index is 12.3. The SMILES string of the molecule is CC(C)C1(CNC(=O)c2cc(N)cn2C2CC2)CC1. The molecular weight excluding hydrogens is 238 g/mol. The molecule has 104 valence electrons. The Morgan fingerprint density at radius 3 is 2.74 bits per heavy atom. The van der Waals surface area contributed by atoms with Gasteiger partial charge in [-0.15, -0.1) is 0 Å². The highest BCUT2D eigenvalue weighted by Gasteiger charge is 2.45. The summed E-state index contributed by atoms with van der Waals surface area (Å²) in [5, 5.41) is 3.10. The number of hydrogen-bond acceptors (Lipinski definition) is 2. The molecule has 2 aliphatic carbocycles. The van der Waals surface area contributed by atoms with Gasteiger partial charge in [0.1, 0.15) is 5.69 Å². The van der Waals surface area contributed by atoms with Crippen molar-refractivity contribution in [2.45, 2.75) is 45.6 Å². The van der Waals surface area contributed by atoms with Gasteiger partial charge in [-0.1, -0.05) is 13.8 Å². The smallest absolute Gasteiger partial charge is 0.268 e. The molecule has 0 atom stereocenters. The molecule has 2 aliphatic rings. The Morgan fingerprint density at radius 2 is 2.21 bits per heavy atom. The Balaban J connectivity index is 1.67. The number of amides is 1. The lowest BCUT2D eigenvalue weighted by Crippen LogP contribution is -2.33. The molecule has 19 heavy (non-hydrogen) atoms. The van der Waals surface area contributed by atoms with E-state index in [1.165, 1.54) is 12.8 Å². The molecule has 2 saturated carbocycles. The van der Waals surface area contributed by atoms with E-state index in [2.05, 4.69) is 19.2 Å². The van der Waals surface area contributed by atoms with Gasteiger partial charge in [0, 0.05) is 18.8 Å². The number of carbonyl (C=O) groups is 1. The minimum Gasteiger partial charge on any atom is -0.397 e. The number of hydrogen-bond donors (Lipinski definition) is 2. The van der Waals surface area contributed by atoms with Gasteiger partial charge in [0.05, 0.1) is 5.69 Å². The van der Waals surface area contributed by atoms with E-state index in [4.69, 9.17) is 5.73 Å². The van der Waals surface area contributed by atoms with Crippen LogP contribution in [-0.4, -0.2) is 17.0 Å². The summed E-state index contributed by atoms with van der Waals surface area (Å²) in [5.41, 5.74) is 7.57. The second-order valence-electron chi connectivity index (χ2n) is 6.50. The average Bonchev–Trinajstić information content (AvgIpc) is 3.25. The fourth-order valence-corrected chi connectivity index (χ4v) is 2.80. The maximum absolute atomic E-state index is 12.3. The van der Waals surface area contributed by atoms with Crippen LogP contribution in [0.5, 0.6) is 0 Å². The molecule has 0 bridgehead atoms. The molecule has 0 aliphatic heterocycles. The van der Waals surface area contributed by atoms with E-state index in [9.17, 15) is 4.79 Å². The minimum absolute atomic E-state index is 0.0236. The van der Waals surface area contributed by atoms with Gasteiger partial charge < -0.3 is 15.6 Å². The Labute approximate surface area is 114 Å². The first-order valence-corrected chi connectivity index (χ1v) is 7.27. The normalized spacial score (nSPS) is 20.6. The molecular formula is C15H23N3O. The van der Waals surface area contributed by atoms with Gasteiger partial charge in [0.2, 0.25) is 0 Å². The molecule has 2 fully saturated rings. The molecule has 3 N–H and O–H groups in total. The summed E-state index contributed by atoms with van der Waals surface area (Å²) in [6, 6.07) is 2.28. The second-order valence-corrected chi connectivity index (χ2v) is 6.50. The zero-order chi connectivity index (χ0) is 13.6. The topological polar surface area (TPSA) is 60.1 Å². The molecule has 3 rings (SSSR count). The van der Waals surface area contributed by atoms with Crippen LogP contribution in [0.2, 0.25) is 0 Å². The van der Waals surface area contributed by atoms with Crippen LogP contribution >= 0.6 is 0 Å². The summed E-state index contributed by atoms with van der Waals surface area (Å²) < 4.78 is 2.04. The zero-order valence-corrected chi connectivity index (χ0v) is 11.8. The van der Waals surface area contributed by atoms with E-state index in [-0.39, 0.29) is 5.91 Å². The van der Waals surface area contributed by atoms with Crippen LogP contribution < -0.4 is 11.1 Å². The van der Waals surface area contributed by atoms with Crippen LogP contribution in [0.3, 0.4) is 0 Å². The minimum atomic E-state index is 0.0236. The van der Waals surface area contributed by atoms with Crippen molar-refractivity contribution in [3.63, 3.8) is 0 Å². The van der Waals surface area contributed by atoms with Crippen molar-refractivity contribution < 1.29 is 4.79 Å². The first kappa shape index (κ1) is 12.6. The molecule has 1 amide bonds. The van der Waals surface area contributed by atoms with E-state index < -0.39 is 0 Å². The van der Waals surface area contributed by atoms with E-state index in [0.29, 0.717) is 23.1 Å². The first-order chi connectivity index (χ1) is 9.02. The lowest BCUT2D eigenvalue weighted by atomic mass is 9.92. The molecule has 0 unspecified atom stereocenters. The molecule has 0 saturated heterocycles. The van der Waals surface area contributed by atoms with E-state index >= 15 is 0 Å². The lowest BCUT2D eigenvalue weighted by Gasteiger charge is -2.20. The van der Waals surface area contributed by atoms with E-state index in [1.54, 1.807) is 6.07 Å². The highest BCUT2D eigenvalue weighted by atomic mass is 16.1. The number of aromatic nitrogens is 1. The van der Waals surface area contributed by atoms with Gasteiger partial charge in [-0.05, 0) is 43.1 Å².